The lowest BCUT2D eigenvalue weighted by Crippen LogP contribution is -2.35. The average Bonchev–Trinajstić information content (AvgIpc) is 2.68. The summed E-state index contributed by atoms with van der Waals surface area (Å²) in [7, 11) is 1.27. The predicted molar refractivity (Wildman–Crippen MR) is 95.7 cm³/mol. The summed E-state index contributed by atoms with van der Waals surface area (Å²) in [5, 5.41) is 10.7. The zero-order valence-corrected chi connectivity index (χ0v) is 14.8. The normalized spacial score (nSPS) is 10.3. The van der Waals surface area contributed by atoms with Gasteiger partial charge in [-0.2, -0.15) is 0 Å². The van der Waals surface area contributed by atoms with Crippen molar-refractivity contribution in [3.63, 3.8) is 0 Å². The zero-order valence-electron chi connectivity index (χ0n) is 14.8. The summed E-state index contributed by atoms with van der Waals surface area (Å²) >= 11 is 0. The van der Waals surface area contributed by atoms with Gasteiger partial charge in [-0.15, -0.1) is 0 Å². The zero-order chi connectivity index (χ0) is 19.8. The van der Waals surface area contributed by atoms with E-state index in [-0.39, 0.29) is 35.9 Å². The molecule has 0 atom stereocenters. The first-order valence-corrected chi connectivity index (χ1v) is 8.25. The number of nitrogens with zero attached hydrogens (tertiary/aromatic N) is 2. The molecular formula is C19H19FN2O5. The molecule has 142 valence electrons. The molecule has 27 heavy (non-hydrogen) atoms. The molecule has 0 radical (unpaired) electrons. The molecule has 8 heteroatoms. The molecule has 0 saturated carbocycles. The van der Waals surface area contributed by atoms with Crippen LogP contribution in [0, 0.1) is 15.9 Å². The predicted octanol–water partition coefficient (Wildman–Crippen LogP) is 2.98. The first-order valence-electron chi connectivity index (χ1n) is 8.25. The Kier molecular flexibility index (Phi) is 6.99. The molecular weight excluding hydrogens is 355 g/mol. The lowest BCUT2D eigenvalue weighted by Gasteiger charge is -2.22. The third kappa shape index (κ3) is 5.88. The summed E-state index contributed by atoms with van der Waals surface area (Å²) < 4.78 is 17.6. The van der Waals surface area contributed by atoms with E-state index < -0.39 is 10.9 Å². The Morgan fingerprint density at radius 1 is 1.07 bits per heavy atom. The first kappa shape index (κ1) is 20.0. The molecule has 0 aliphatic heterocycles. The van der Waals surface area contributed by atoms with Crippen molar-refractivity contribution in [1.82, 2.24) is 4.90 Å². The Hall–Kier alpha value is -3.29. The van der Waals surface area contributed by atoms with Crippen LogP contribution in [0.2, 0.25) is 0 Å². The highest BCUT2D eigenvalue weighted by Crippen LogP contribution is 2.14. The molecule has 2 rings (SSSR count). The van der Waals surface area contributed by atoms with Crippen LogP contribution in [-0.2, 0) is 16.0 Å². The Bertz CT molecular complexity index is 806. The number of carbonyl (C=O) groups excluding carboxylic acids is 2. The van der Waals surface area contributed by atoms with Crippen molar-refractivity contribution >= 4 is 17.6 Å². The number of nitro benzene ring substituents is 1. The maximum absolute atomic E-state index is 13.0. The van der Waals surface area contributed by atoms with Gasteiger partial charge in [0.15, 0.2) is 0 Å². The number of nitro groups is 1. The van der Waals surface area contributed by atoms with Gasteiger partial charge in [-0.25, -0.2) is 4.39 Å². The van der Waals surface area contributed by atoms with Crippen LogP contribution in [-0.4, -0.2) is 41.9 Å². The lowest BCUT2D eigenvalue weighted by molar-refractivity contribution is -0.384. The van der Waals surface area contributed by atoms with Gasteiger partial charge in [-0.3, -0.25) is 19.7 Å². The highest BCUT2D eigenvalue weighted by Gasteiger charge is 2.18. The van der Waals surface area contributed by atoms with Gasteiger partial charge < -0.3 is 9.64 Å². The fourth-order valence-corrected chi connectivity index (χ4v) is 2.47. The topological polar surface area (TPSA) is 89.8 Å². The molecule has 0 aliphatic carbocycles. The largest absolute Gasteiger partial charge is 0.469 e. The molecule has 0 spiro atoms. The minimum atomic E-state index is -0.544. The van der Waals surface area contributed by atoms with E-state index in [0.29, 0.717) is 13.0 Å². The lowest BCUT2D eigenvalue weighted by atomic mass is 10.1. The number of benzene rings is 2. The third-order valence-corrected chi connectivity index (χ3v) is 4.01. The van der Waals surface area contributed by atoms with Crippen molar-refractivity contribution in [1.29, 1.82) is 0 Å². The van der Waals surface area contributed by atoms with Gasteiger partial charge in [0.05, 0.1) is 18.5 Å². The molecule has 0 saturated heterocycles. The maximum atomic E-state index is 13.0. The summed E-state index contributed by atoms with van der Waals surface area (Å²) in [5.41, 5.74) is 1.01. The van der Waals surface area contributed by atoms with Crippen molar-refractivity contribution in [2.45, 2.75) is 12.8 Å². The summed E-state index contributed by atoms with van der Waals surface area (Å²) in [5.74, 6) is -1.14. The molecule has 0 N–H and O–H groups in total. The van der Waals surface area contributed by atoms with Crippen molar-refractivity contribution < 1.29 is 23.6 Å². The van der Waals surface area contributed by atoms with E-state index in [1.807, 2.05) is 0 Å². The van der Waals surface area contributed by atoms with Crippen LogP contribution in [0.5, 0.6) is 0 Å². The quantitative estimate of drug-likeness (QED) is 0.403. The molecule has 2 aromatic carbocycles. The number of rotatable bonds is 8. The van der Waals surface area contributed by atoms with Crippen molar-refractivity contribution in [2.75, 3.05) is 20.2 Å². The number of esters is 1. The Labute approximate surface area is 155 Å². The van der Waals surface area contributed by atoms with Gasteiger partial charge in [-0.05, 0) is 36.2 Å². The van der Waals surface area contributed by atoms with Crippen molar-refractivity contribution in [3.05, 3.63) is 75.6 Å². The van der Waals surface area contributed by atoms with Crippen LogP contribution in [0.15, 0.2) is 48.5 Å². The fraction of sp³-hybridized carbons (Fsp3) is 0.263. The molecule has 0 heterocycles. The standard InChI is InChI=1S/C19H19FN2O5/c1-27-18(23)11-13-21(12-10-14-2-6-16(20)7-3-14)19(24)15-4-8-17(9-5-15)22(25)26/h2-9H,10-13H2,1H3. The summed E-state index contributed by atoms with van der Waals surface area (Å²) in [6.45, 7) is 0.447. The van der Waals surface area contributed by atoms with Crippen LogP contribution in [0.25, 0.3) is 0 Å². The van der Waals surface area contributed by atoms with Crippen LogP contribution in [0.3, 0.4) is 0 Å². The molecule has 1 amide bonds. The van der Waals surface area contributed by atoms with Crippen LogP contribution < -0.4 is 0 Å². The minimum Gasteiger partial charge on any atom is -0.469 e. The van der Waals surface area contributed by atoms with Gasteiger partial charge in [0.1, 0.15) is 5.82 Å². The molecule has 0 fully saturated rings. The Morgan fingerprint density at radius 2 is 1.70 bits per heavy atom. The van der Waals surface area contributed by atoms with E-state index >= 15 is 0 Å². The van der Waals surface area contributed by atoms with E-state index in [1.165, 1.54) is 48.4 Å². The van der Waals surface area contributed by atoms with Gasteiger partial charge in [0.2, 0.25) is 0 Å². The van der Waals surface area contributed by atoms with E-state index in [4.69, 9.17) is 0 Å². The summed E-state index contributed by atoms with van der Waals surface area (Å²) in [4.78, 5) is 35.8. The average molecular weight is 374 g/mol. The summed E-state index contributed by atoms with van der Waals surface area (Å²) in [6, 6.07) is 11.2. The monoisotopic (exact) mass is 374 g/mol. The Morgan fingerprint density at radius 3 is 2.26 bits per heavy atom. The van der Waals surface area contributed by atoms with Gasteiger partial charge in [0, 0.05) is 30.8 Å². The maximum Gasteiger partial charge on any atom is 0.307 e. The number of carbonyl (C=O) groups is 2. The molecule has 0 aliphatic rings. The first-order chi connectivity index (χ1) is 12.9. The Balaban J connectivity index is 2.11. The van der Waals surface area contributed by atoms with Crippen LogP contribution in [0.1, 0.15) is 22.3 Å². The molecule has 0 aromatic heterocycles. The van der Waals surface area contributed by atoms with Crippen LogP contribution >= 0.6 is 0 Å². The molecule has 2 aromatic rings. The number of hydrogen-bond donors (Lipinski definition) is 0. The minimum absolute atomic E-state index is 0.0264. The van der Waals surface area contributed by atoms with Gasteiger partial charge in [-0.1, -0.05) is 12.1 Å². The molecule has 0 bridgehead atoms. The van der Waals surface area contributed by atoms with E-state index in [1.54, 1.807) is 12.1 Å². The van der Waals surface area contributed by atoms with E-state index in [2.05, 4.69) is 4.74 Å². The number of hydrogen-bond acceptors (Lipinski definition) is 5. The molecule has 0 unspecified atom stereocenters. The molecule has 7 nitrogen and oxygen atoms in total. The number of methoxy groups -OCH3 is 1. The number of non-ortho nitro benzene ring substituents is 1. The number of ether oxygens (including phenoxy) is 1. The smallest absolute Gasteiger partial charge is 0.307 e. The second-order valence-corrected chi connectivity index (χ2v) is 5.80. The number of amides is 1. The van der Waals surface area contributed by atoms with Gasteiger partial charge >= 0.3 is 5.97 Å². The van der Waals surface area contributed by atoms with Crippen molar-refractivity contribution in [2.24, 2.45) is 0 Å². The second kappa shape index (κ2) is 9.42. The highest BCUT2D eigenvalue weighted by atomic mass is 19.1. The van der Waals surface area contributed by atoms with Crippen LogP contribution in [0.4, 0.5) is 10.1 Å². The second-order valence-electron chi connectivity index (χ2n) is 5.80. The third-order valence-electron chi connectivity index (χ3n) is 4.01. The van der Waals surface area contributed by atoms with E-state index in [0.717, 1.165) is 5.56 Å². The van der Waals surface area contributed by atoms with Crippen molar-refractivity contribution in [3.8, 4) is 0 Å². The summed E-state index contributed by atoms with van der Waals surface area (Å²) in [6.07, 6.45) is 0.499. The number of halogens is 1. The SMILES string of the molecule is COC(=O)CCN(CCc1ccc(F)cc1)C(=O)c1ccc([N+](=O)[O-])cc1. The van der Waals surface area contributed by atoms with E-state index in [9.17, 15) is 24.1 Å². The van der Waals surface area contributed by atoms with Gasteiger partial charge in [0.25, 0.3) is 11.6 Å². The highest BCUT2D eigenvalue weighted by molar-refractivity contribution is 5.94. The fourth-order valence-electron chi connectivity index (χ4n) is 2.47.